The maximum Gasteiger partial charge on any atom is 0.128 e. The van der Waals surface area contributed by atoms with Crippen molar-refractivity contribution in [1.29, 1.82) is 0 Å². The highest BCUT2D eigenvalue weighted by atomic mass is 32.2. The topological polar surface area (TPSA) is 29.5 Å². The molecule has 2 nitrogen and oxygen atoms in total. The normalized spacial score (nSPS) is 20.9. The smallest absolute Gasteiger partial charge is 0.128 e. The van der Waals surface area contributed by atoms with E-state index < -0.39 is 0 Å². The minimum absolute atomic E-state index is 0.389. The van der Waals surface area contributed by atoms with E-state index in [9.17, 15) is 5.11 Å². The zero-order valence-corrected chi connectivity index (χ0v) is 12.1. The summed E-state index contributed by atoms with van der Waals surface area (Å²) in [4.78, 5) is 0. The number of fused-ring (bicyclic) bond motifs is 1. The summed E-state index contributed by atoms with van der Waals surface area (Å²) >= 11 is 1.94. The largest absolute Gasteiger partial charge is 0.493 e. The first-order valence-corrected chi connectivity index (χ1v) is 8.44. The SMILES string of the molecule is OC(CSC1CCCCC1)c1cccc2c1OCC2. The van der Waals surface area contributed by atoms with Crippen LogP contribution in [-0.4, -0.2) is 22.7 Å². The Hall–Kier alpha value is -0.670. The van der Waals surface area contributed by atoms with Crippen molar-refractivity contribution in [3.8, 4) is 5.75 Å². The van der Waals surface area contributed by atoms with Crippen molar-refractivity contribution in [3.05, 3.63) is 29.3 Å². The first-order valence-electron chi connectivity index (χ1n) is 7.39. The maximum absolute atomic E-state index is 10.4. The van der Waals surface area contributed by atoms with E-state index in [2.05, 4.69) is 6.07 Å². The van der Waals surface area contributed by atoms with E-state index in [4.69, 9.17) is 4.74 Å². The van der Waals surface area contributed by atoms with Crippen LogP contribution >= 0.6 is 11.8 Å². The number of benzene rings is 1. The summed E-state index contributed by atoms with van der Waals surface area (Å²) in [7, 11) is 0. The van der Waals surface area contributed by atoms with Gasteiger partial charge in [0.25, 0.3) is 0 Å². The average molecular weight is 278 g/mol. The van der Waals surface area contributed by atoms with Gasteiger partial charge in [0.05, 0.1) is 12.7 Å². The molecule has 3 rings (SSSR count). The lowest BCUT2D eigenvalue weighted by atomic mass is 10.0. The molecule has 3 heteroatoms. The van der Waals surface area contributed by atoms with Crippen molar-refractivity contribution in [2.24, 2.45) is 0 Å². The Morgan fingerprint density at radius 2 is 2.11 bits per heavy atom. The van der Waals surface area contributed by atoms with Gasteiger partial charge in [0, 0.05) is 23.0 Å². The molecule has 0 radical (unpaired) electrons. The van der Waals surface area contributed by atoms with Gasteiger partial charge in [-0.05, 0) is 18.4 Å². The van der Waals surface area contributed by atoms with Crippen LogP contribution in [0.2, 0.25) is 0 Å². The quantitative estimate of drug-likeness (QED) is 0.910. The second kappa shape index (κ2) is 6.19. The third-order valence-electron chi connectivity index (χ3n) is 4.15. The van der Waals surface area contributed by atoms with E-state index >= 15 is 0 Å². The van der Waals surface area contributed by atoms with Gasteiger partial charge in [-0.1, -0.05) is 37.5 Å². The number of hydrogen-bond acceptors (Lipinski definition) is 3. The zero-order valence-electron chi connectivity index (χ0n) is 11.3. The second-order valence-electron chi connectivity index (χ2n) is 5.54. The van der Waals surface area contributed by atoms with Crippen LogP contribution in [0.3, 0.4) is 0 Å². The van der Waals surface area contributed by atoms with Crippen molar-refractivity contribution in [3.63, 3.8) is 0 Å². The zero-order chi connectivity index (χ0) is 13.1. The van der Waals surface area contributed by atoms with Gasteiger partial charge in [0.15, 0.2) is 0 Å². The molecule has 0 bridgehead atoms. The Labute approximate surface area is 119 Å². The Kier molecular flexibility index (Phi) is 4.34. The molecule has 1 unspecified atom stereocenters. The van der Waals surface area contributed by atoms with E-state index in [1.165, 1.54) is 37.7 Å². The fourth-order valence-electron chi connectivity index (χ4n) is 3.05. The molecule has 0 spiro atoms. The van der Waals surface area contributed by atoms with Crippen LogP contribution in [0.1, 0.15) is 49.3 Å². The summed E-state index contributed by atoms with van der Waals surface area (Å²) in [5, 5.41) is 11.2. The van der Waals surface area contributed by atoms with Crippen molar-refractivity contribution < 1.29 is 9.84 Å². The molecular formula is C16H22O2S. The first-order chi connectivity index (χ1) is 9.34. The van der Waals surface area contributed by atoms with Gasteiger partial charge in [-0.2, -0.15) is 11.8 Å². The summed E-state index contributed by atoms with van der Waals surface area (Å²) in [6, 6.07) is 6.15. The number of rotatable bonds is 4. The third-order valence-corrected chi connectivity index (χ3v) is 5.60. The molecule has 1 saturated carbocycles. The first kappa shape index (κ1) is 13.3. The molecule has 1 aromatic rings. The Bertz CT molecular complexity index is 427. The summed E-state index contributed by atoms with van der Waals surface area (Å²) in [6.07, 6.45) is 7.34. The van der Waals surface area contributed by atoms with E-state index in [1.807, 2.05) is 23.9 Å². The number of hydrogen-bond donors (Lipinski definition) is 1. The highest BCUT2D eigenvalue weighted by Gasteiger charge is 2.22. The van der Waals surface area contributed by atoms with Gasteiger partial charge in [0.2, 0.25) is 0 Å². The second-order valence-corrected chi connectivity index (χ2v) is 6.88. The average Bonchev–Trinajstić information content (AvgIpc) is 2.94. The third kappa shape index (κ3) is 3.09. The van der Waals surface area contributed by atoms with Crippen LogP contribution < -0.4 is 4.74 Å². The monoisotopic (exact) mass is 278 g/mol. The molecule has 2 aliphatic rings. The van der Waals surface area contributed by atoms with Crippen molar-refractivity contribution in [2.45, 2.75) is 49.9 Å². The highest BCUT2D eigenvalue weighted by Crippen LogP contribution is 2.36. The Morgan fingerprint density at radius 3 is 2.95 bits per heavy atom. The van der Waals surface area contributed by atoms with Crippen LogP contribution in [0.15, 0.2) is 18.2 Å². The van der Waals surface area contributed by atoms with Crippen LogP contribution in [0.25, 0.3) is 0 Å². The van der Waals surface area contributed by atoms with Crippen LogP contribution in [-0.2, 0) is 6.42 Å². The lowest BCUT2D eigenvalue weighted by Crippen LogP contribution is -2.11. The van der Waals surface area contributed by atoms with Gasteiger partial charge >= 0.3 is 0 Å². The molecule has 1 atom stereocenters. The molecule has 104 valence electrons. The lowest BCUT2D eigenvalue weighted by Gasteiger charge is -2.22. The van der Waals surface area contributed by atoms with Gasteiger partial charge in [0.1, 0.15) is 5.75 Å². The molecule has 1 aliphatic heterocycles. The number of aliphatic hydroxyl groups is 1. The Balaban J connectivity index is 1.61. The number of ether oxygens (including phenoxy) is 1. The predicted molar refractivity (Wildman–Crippen MR) is 79.9 cm³/mol. The number of thioether (sulfide) groups is 1. The van der Waals surface area contributed by atoms with Gasteiger partial charge < -0.3 is 9.84 Å². The molecule has 1 N–H and O–H groups in total. The fraction of sp³-hybridized carbons (Fsp3) is 0.625. The maximum atomic E-state index is 10.4. The molecule has 1 heterocycles. The molecule has 0 aromatic heterocycles. The number of aliphatic hydroxyl groups excluding tert-OH is 1. The van der Waals surface area contributed by atoms with E-state index in [0.717, 1.165) is 35.3 Å². The van der Waals surface area contributed by atoms with Crippen molar-refractivity contribution in [2.75, 3.05) is 12.4 Å². The molecule has 1 aromatic carbocycles. The highest BCUT2D eigenvalue weighted by molar-refractivity contribution is 7.99. The van der Waals surface area contributed by atoms with Crippen LogP contribution in [0.5, 0.6) is 5.75 Å². The minimum Gasteiger partial charge on any atom is -0.493 e. The van der Waals surface area contributed by atoms with Gasteiger partial charge in [-0.15, -0.1) is 0 Å². The van der Waals surface area contributed by atoms with E-state index in [0.29, 0.717) is 0 Å². The van der Waals surface area contributed by atoms with Crippen molar-refractivity contribution in [1.82, 2.24) is 0 Å². The van der Waals surface area contributed by atoms with E-state index in [-0.39, 0.29) is 6.10 Å². The number of para-hydroxylation sites is 1. The minimum atomic E-state index is -0.389. The van der Waals surface area contributed by atoms with Crippen molar-refractivity contribution >= 4 is 11.8 Å². The summed E-state index contributed by atoms with van der Waals surface area (Å²) in [6.45, 7) is 0.759. The van der Waals surface area contributed by atoms with Crippen LogP contribution in [0, 0.1) is 0 Å². The summed E-state index contributed by atoms with van der Waals surface area (Å²) < 4.78 is 5.67. The lowest BCUT2D eigenvalue weighted by molar-refractivity contribution is 0.198. The molecular weight excluding hydrogens is 256 g/mol. The van der Waals surface area contributed by atoms with Crippen LogP contribution in [0.4, 0.5) is 0 Å². The predicted octanol–water partition coefficient (Wildman–Crippen LogP) is 3.72. The fourth-order valence-corrected chi connectivity index (χ4v) is 4.35. The standard InChI is InChI=1S/C16H22O2S/c17-15(11-19-13-6-2-1-3-7-13)14-8-4-5-12-9-10-18-16(12)14/h4-5,8,13,15,17H,1-3,6-7,9-11H2. The van der Waals surface area contributed by atoms with Gasteiger partial charge in [-0.3, -0.25) is 0 Å². The molecule has 19 heavy (non-hydrogen) atoms. The molecule has 1 fully saturated rings. The van der Waals surface area contributed by atoms with Gasteiger partial charge in [-0.25, -0.2) is 0 Å². The molecule has 0 amide bonds. The summed E-state index contributed by atoms with van der Waals surface area (Å²) in [5.41, 5.74) is 2.23. The van der Waals surface area contributed by atoms with E-state index in [1.54, 1.807) is 0 Å². The summed E-state index contributed by atoms with van der Waals surface area (Å²) in [5.74, 6) is 1.74. The Morgan fingerprint density at radius 1 is 1.26 bits per heavy atom. The molecule has 1 aliphatic carbocycles. The molecule has 0 saturated heterocycles.